The molecule has 24 heavy (non-hydrogen) atoms. The van der Waals surface area contributed by atoms with Crippen molar-refractivity contribution >= 4 is 5.91 Å². The molecule has 0 spiro atoms. The number of amides is 1. The minimum Gasteiger partial charge on any atom is -0.454 e. The van der Waals surface area contributed by atoms with Crippen molar-refractivity contribution in [3.63, 3.8) is 0 Å². The topological polar surface area (TPSA) is 50.8 Å². The summed E-state index contributed by atoms with van der Waals surface area (Å²) in [5.74, 6) is 0.451. The van der Waals surface area contributed by atoms with E-state index in [1.54, 1.807) is 12.1 Å². The molecule has 6 heteroatoms. The maximum absolute atomic E-state index is 13.7. The lowest BCUT2D eigenvalue weighted by Gasteiger charge is -2.25. The molecule has 0 saturated carbocycles. The molecule has 1 aliphatic heterocycles. The molecular weight excluding hydrogens is 311 g/mol. The molecule has 1 heterocycles. The van der Waals surface area contributed by atoms with E-state index in [1.165, 1.54) is 12.1 Å². The SMILES string of the molecule is CN(C)[C@@H](CNC(=O)c1ccccc1F)c1ccc2c(c1)OCO2. The number of carbonyl (C=O) groups is 1. The van der Waals surface area contributed by atoms with Crippen molar-refractivity contribution in [2.45, 2.75) is 6.04 Å². The summed E-state index contributed by atoms with van der Waals surface area (Å²) in [7, 11) is 3.84. The van der Waals surface area contributed by atoms with Crippen LogP contribution in [0.5, 0.6) is 11.5 Å². The maximum atomic E-state index is 13.7. The highest BCUT2D eigenvalue weighted by Gasteiger charge is 2.21. The van der Waals surface area contributed by atoms with Gasteiger partial charge < -0.3 is 19.7 Å². The number of fused-ring (bicyclic) bond motifs is 1. The summed E-state index contributed by atoms with van der Waals surface area (Å²) >= 11 is 0. The Kier molecular flexibility index (Phi) is 4.66. The molecule has 0 aliphatic carbocycles. The Morgan fingerprint density at radius 1 is 1.21 bits per heavy atom. The average molecular weight is 330 g/mol. The highest BCUT2D eigenvalue weighted by molar-refractivity contribution is 5.94. The smallest absolute Gasteiger partial charge is 0.254 e. The first kappa shape index (κ1) is 16.3. The van der Waals surface area contributed by atoms with Crippen LogP contribution in [-0.4, -0.2) is 38.2 Å². The quantitative estimate of drug-likeness (QED) is 0.915. The van der Waals surface area contributed by atoms with Gasteiger partial charge in [0, 0.05) is 6.54 Å². The molecule has 126 valence electrons. The second-order valence-electron chi connectivity index (χ2n) is 5.78. The van der Waals surface area contributed by atoms with Crippen LogP contribution in [0.25, 0.3) is 0 Å². The van der Waals surface area contributed by atoms with Crippen LogP contribution in [0.15, 0.2) is 42.5 Å². The third-order valence-electron chi connectivity index (χ3n) is 3.98. The summed E-state index contributed by atoms with van der Waals surface area (Å²) in [4.78, 5) is 14.2. The summed E-state index contributed by atoms with van der Waals surface area (Å²) in [5.41, 5.74) is 1.03. The Labute approximate surface area is 140 Å². The molecule has 0 fully saturated rings. The summed E-state index contributed by atoms with van der Waals surface area (Å²) in [6.45, 7) is 0.565. The number of ether oxygens (including phenoxy) is 2. The van der Waals surface area contributed by atoms with Crippen LogP contribution in [0, 0.1) is 5.82 Å². The van der Waals surface area contributed by atoms with E-state index < -0.39 is 11.7 Å². The summed E-state index contributed by atoms with van der Waals surface area (Å²) in [6, 6.07) is 11.6. The lowest BCUT2D eigenvalue weighted by atomic mass is 10.0. The van der Waals surface area contributed by atoms with Crippen LogP contribution >= 0.6 is 0 Å². The fourth-order valence-corrected chi connectivity index (χ4v) is 2.65. The van der Waals surface area contributed by atoms with Gasteiger partial charge in [0.05, 0.1) is 11.6 Å². The predicted octanol–water partition coefficient (Wildman–Crippen LogP) is 2.59. The second kappa shape index (κ2) is 6.88. The van der Waals surface area contributed by atoms with E-state index >= 15 is 0 Å². The average Bonchev–Trinajstić information content (AvgIpc) is 3.02. The van der Waals surface area contributed by atoms with Gasteiger partial charge in [-0.25, -0.2) is 4.39 Å². The normalized spacial score (nSPS) is 13.8. The van der Waals surface area contributed by atoms with Crippen LogP contribution in [0.2, 0.25) is 0 Å². The standard InChI is InChI=1S/C18H19FN2O3/c1-21(2)15(12-7-8-16-17(9-12)24-11-23-16)10-20-18(22)13-5-3-4-6-14(13)19/h3-9,15H,10-11H2,1-2H3,(H,20,22)/t15-/m0/s1. The predicted molar refractivity (Wildman–Crippen MR) is 87.7 cm³/mol. The number of halogens is 1. The second-order valence-corrected chi connectivity index (χ2v) is 5.78. The zero-order valence-electron chi connectivity index (χ0n) is 13.6. The van der Waals surface area contributed by atoms with Crippen molar-refractivity contribution in [3.05, 3.63) is 59.4 Å². The third-order valence-corrected chi connectivity index (χ3v) is 3.98. The van der Waals surface area contributed by atoms with Crippen LogP contribution in [-0.2, 0) is 0 Å². The Balaban J connectivity index is 1.73. The molecular formula is C18H19FN2O3. The lowest BCUT2D eigenvalue weighted by Crippen LogP contribution is -2.34. The van der Waals surface area contributed by atoms with Crippen molar-refractivity contribution in [2.24, 2.45) is 0 Å². The van der Waals surface area contributed by atoms with Crippen molar-refractivity contribution in [3.8, 4) is 11.5 Å². The van der Waals surface area contributed by atoms with E-state index in [0.29, 0.717) is 18.0 Å². The molecule has 1 N–H and O–H groups in total. The highest BCUT2D eigenvalue weighted by Crippen LogP contribution is 2.34. The molecule has 1 amide bonds. The number of likely N-dealkylation sites (N-methyl/N-ethyl adjacent to an activating group) is 1. The minimum absolute atomic E-state index is 0.0423. The first-order valence-electron chi connectivity index (χ1n) is 7.65. The Bertz CT molecular complexity index is 749. The van der Waals surface area contributed by atoms with Crippen molar-refractivity contribution in [2.75, 3.05) is 27.4 Å². The van der Waals surface area contributed by atoms with Gasteiger partial charge in [0.2, 0.25) is 6.79 Å². The fraction of sp³-hybridized carbons (Fsp3) is 0.278. The van der Waals surface area contributed by atoms with Crippen molar-refractivity contribution < 1.29 is 18.7 Å². The minimum atomic E-state index is -0.528. The van der Waals surface area contributed by atoms with Gasteiger partial charge in [0.25, 0.3) is 5.91 Å². The number of nitrogens with zero attached hydrogens (tertiary/aromatic N) is 1. The van der Waals surface area contributed by atoms with Gasteiger partial charge in [-0.05, 0) is 43.9 Å². The summed E-state index contributed by atoms with van der Waals surface area (Å²) in [6.07, 6.45) is 0. The van der Waals surface area contributed by atoms with Gasteiger partial charge in [-0.1, -0.05) is 18.2 Å². The summed E-state index contributed by atoms with van der Waals surface area (Å²) in [5, 5.41) is 2.79. The van der Waals surface area contributed by atoms with Gasteiger partial charge in [-0.3, -0.25) is 4.79 Å². The first-order valence-corrected chi connectivity index (χ1v) is 7.65. The largest absolute Gasteiger partial charge is 0.454 e. The number of carbonyl (C=O) groups excluding carboxylic acids is 1. The third kappa shape index (κ3) is 3.33. The number of hydrogen-bond donors (Lipinski definition) is 1. The molecule has 0 bridgehead atoms. The number of hydrogen-bond acceptors (Lipinski definition) is 4. The van der Waals surface area contributed by atoms with E-state index in [9.17, 15) is 9.18 Å². The molecule has 2 aromatic carbocycles. The van der Waals surface area contributed by atoms with Crippen LogP contribution in [0.1, 0.15) is 22.0 Å². The van der Waals surface area contributed by atoms with Gasteiger partial charge in [-0.15, -0.1) is 0 Å². The van der Waals surface area contributed by atoms with Gasteiger partial charge in [0.1, 0.15) is 5.82 Å². The van der Waals surface area contributed by atoms with Gasteiger partial charge in [-0.2, -0.15) is 0 Å². The van der Waals surface area contributed by atoms with Crippen molar-refractivity contribution in [1.29, 1.82) is 0 Å². The molecule has 5 nitrogen and oxygen atoms in total. The highest BCUT2D eigenvalue weighted by atomic mass is 19.1. The Hall–Kier alpha value is -2.60. The summed E-state index contributed by atoms with van der Waals surface area (Å²) < 4.78 is 24.4. The number of benzene rings is 2. The van der Waals surface area contributed by atoms with Crippen LogP contribution < -0.4 is 14.8 Å². The van der Waals surface area contributed by atoms with Gasteiger partial charge in [0.15, 0.2) is 11.5 Å². The molecule has 0 saturated heterocycles. The Morgan fingerprint density at radius 3 is 2.71 bits per heavy atom. The zero-order chi connectivity index (χ0) is 17.1. The van der Waals surface area contributed by atoms with E-state index in [1.807, 2.05) is 37.2 Å². The fourth-order valence-electron chi connectivity index (χ4n) is 2.65. The van der Waals surface area contributed by atoms with E-state index in [0.717, 1.165) is 5.56 Å². The zero-order valence-corrected chi connectivity index (χ0v) is 13.6. The Morgan fingerprint density at radius 2 is 1.96 bits per heavy atom. The molecule has 0 unspecified atom stereocenters. The molecule has 0 radical (unpaired) electrons. The van der Waals surface area contributed by atoms with E-state index in [2.05, 4.69) is 5.32 Å². The molecule has 3 rings (SSSR count). The molecule has 0 aromatic heterocycles. The number of nitrogens with one attached hydrogen (secondary N) is 1. The molecule has 2 aromatic rings. The van der Waals surface area contributed by atoms with E-state index in [4.69, 9.17) is 9.47 Å². The van der Waals surface area contributed by atoms with Crippen LogP contribution in [0.3, 0.4) is 0 Å². The maximum Gasteiger partial charge on any atom is 0.254 e. The lowest BCUT2D eigenvalue weighted by molar-refractivity contribution is 0.0938. The van der Waals surface area contributed by atoms with Crippen LogP contribution in [0.4, 0.5) is 4.39 Å². The van der Waals surface area contributed by atoms with Gasteiger partial charge >= 0.3 is 0 Å². The number of rotatable bonds is 5. The van der Waals surface area contributed by atoms with E-state index in [-0.39, 0.29) is 18.4 Å². The molecule has 1 aliphatic rings. The molecule has 1 atom stereocenters. The van der Waals surface area contributed by atoms with Crippen molar-refractivity contribution in [1.82, 2.24) is 10.2 Å². The monoisotopic (exact) mass is 330 g/mol. The first-order chi connectivity index (χ1) is 11.6.